The second-order valence-corrected chi connectivity index (χ2v) is 9.07. The zero-order valence-corrected chi connectivity index (χ0v) is 16.3. The van der Waals surface area contributed by atoms with Crippen molar-refractivity contribution in [2.24, 2.45) is 0 Å². The molecule has 9 heteroatoms. The highest BCUT2D eigenvalue weighted by Gasteiger charge is 2.18. The third-order valence-corrected chi connectivity index (χ3v) is 7.02. The molecule has 2 heterocycles. The molecule has 1 saturated heterocycles. The van der Waals surface area contributed by atoms with Crippen molar-refractivity contribution >= 4 is 38.9 Å². The van der Waals surface area contributed by atoms with Crippen LogP contribution in [0, 0.1) is 0 Å². The SMILES string of the molecule is O=C(NCCC(=O)N1CCCC1)c1ccc(NS(=O)(=O)c2cccs2)cc1. The number of hydrogen-bond donors (Lipinski definition) is 2. The van der Waals surface area contributed by atoms with E-state index in [4.69, 9.17) is 0 Å². The summed E-state index contributed by atoms with van der Waals surface area (Å²) in [6.45, 7) is 1.88. The standard InChI is InChI=1S/C18H21N3O4S2/c22-16(21-11-1-2-12-21)9-10-19-18(23)14-5-7-15(8-6-14)20-27(24,25)17-4-3-13-26-17/h3-8,13,20H,1-2,9-12H2,(H,19,23). The maximum Gasteiger partial charge on any atom is 0.271 e. The predicted octanol–water partition coefficient (Wildman–Crippen LogP) is 2.29. The van der Waals surface area contributed by atoms with E-state index in [9.17, 15) is 18.0 Å². The summed E-state index contributed by atoms with van der Waals surface area (Å²) in [5, 5.41) is 4.41. The Morgan fingerprint density at radius 3 is 2.41 bits per heavy atom. The number of thiophene rings is 1. The molecule has 3 rings (SSSR count). The molecular weight excluding hydrogens is 386 g/mol. The van der Waals surface area contributed by atoms with Gasteiger partial charge in [-0.3, -0.25) is 14.3 Å². The van der Waals surface area contributed by atoms with E-state index in [-0.39, 0.29) is 29.0 Å². The number of anilines is 1. The molecule has 0 atom stereocenters. The summed E-state index contributed by atoms with van der Waals surface area (Å²) in [4.78, 5) is 25.9. The monoisotopic (exact) mass is 407 g/mol. The number of nitrogens with zero attached hydrogens (tertiary/aromatic N) is 1. The number of nitrogens with one attached hydrogen (secondary N) is 2. The molecule has 27 heavy (non-hydrogen) atoms. The van der Waals surface area contributed by atoms with E-state index in [0.717, 1.165) is 37.3 Å². The summed E-state index contributed by atoms with van der Waals surface area (Å²) >= 11 is 1.13. The van der Waals surface area contributed by atoms with Crippen molar-refractivity contribution in [2.75, 3.05) is 24.4 Å². The minimum absolute atomic E-state index is 0.0612. The van der Waals surface area contributed by atoms with Crippen molar-refractivity contribution in [1.29, 1.82) is 0 Å². The first-order chi connectivity index (χ1) is 13.0. The Hall–Kier alpha value is -2.39. The molecular formula is C18H21N3O4S2. The lowest BCUT2D eigenvalue weighted by atomic mass is 10.2. The summed E-state index contributed by atoms with van der Waals surface area (Å²) in [6.07, 6.45) is 2.37. The summed E-state index contributed by atoms with van der Waals surface area (Å²) in [7, 11) is -3.61. The molecule has 0 bridgehead atoms. The molecule has 2 aromatic rings. The van der Waals surface area contributed by atoms with Crippen LogP contribution in [0.3, 0.4) is 0 Å². The molecule has 2 amide bonds. The van der Waals surface area contributed by atoms with Crippen LogP contribution in [0.4, 0.5) is 5.69 Å². The Bertz CT molecular complexity index is 887. The van der Waals surface area contributed by atoms with Crippen LogP contribution in [0.2, 0.25) is 0 Å². The molecule has 2 N–H and O–H groups in total. The Morgan fingerprint density at radius 2 is 1.78 bits per heavy atom. The smallest absolute Gasteiger partial charge is 0.271 e. The van der Waals surface area contributed by atoms with Crippen LogP contribution in [-0.2, 0) is 14.8 Å². The molecule has 1 aliphatic heterocycles. The molecule has 1 fully saturated rings. The van der Waals surface area contributed by atoms with Gasteiger partial charge in [0, 0.05) is 37.3 Å². The fourth-order valence-electron chi connectivity index (χ4n) is 2.82. The normalized spacial score (nSPS) is 14.1. The highest BCUT2D eigenvalue weighted by atomic mass is 32.2. The zero-order valence-electron chi connectivity index (χ0n) is 14.7. The first-order valence-electron chi connectivity index (χ1n) is 8.68. The third kappa shape index (κ3) is 5.08. The lowest BCUT2D eigenvalue weighted by molar-refractivity contribution is -0.129. The van der Waals surface area contributed by atoms with Crippen LogP contribution < -0.4 is 10.0 Å². The highest BCUT2D eigenvalue weighted by molar-refractivity contribution is 7.94. The number of sulfonamides is 1. The molecule has 0 saturated carbocycles. The Kier molecular flexibility index (Phi) is 6.12. The topological polar surface area (TPSA) is 95.6 Å². The van der Waals surface area contributed by atoms with E-state index >= 15 is 0 Å². The third-order valence-electron chi connectivity index (χ3n) is 4.24. The van der Waals surface area contributed by atoms with Crippen LogP contribution in [0.5, 0.6) is 0 Å². The fraction of sp³-hybridized carbons (Fsp3) is 0.333. The molecule has 1 aromatic carbocycles. The number of carbonyl (C=O) groups excluding carboxylic acids is 2. The van der Waals surface area contributed by atoms with Crippen molar-refractivity contribution in [3.63, 3.8) is 0 Å². The van der Waals surface area contributed by atoms with Crippen LogP contribution in [0.25, 0.3) is 0 Å². The van der Waals surface area contributed by atoms with Crippen molar-refractivity contribution < 1.29 is 18.0 Å². The first-order valence-corrected chi connectivity index (χ1v) is 11.0. The van der Waals surface area contributed by atoms with Crippen molar-refractivity contribution in [2.45, 2.75) is 23.5 Å². The molecule has 0 radical (unpaired) electrons. The molecule has 1 aromatic heterocycles. The number of rotatable bonds is 7. The predicted molar refractivity (Wildman–Crippen MR) is 104 cm³/mol. The molecule has 7 nitrogen and oxygen atoms in total. The van der Waals surface area contributed by atoms with E-state index in [1.54, 1.807) is 23.6 Å². The summed E-state index contributed by atoms with van der Waals surface area (Å²) in [5.41, 5.74) is 0.784. The summed E-state index contributed by atoms with van der Waals surface area (Å²) in [6, 6.07) is 9.36. The van der Waals surface area contributed by atoms with Crippen LogP contribution in [0.15, 0.2) is 46.0 Å². The van der Waals surface area contributed by atoms with Gasteiger partial charge in [0.25, 0.3) is 15.9 Å². The van der Waals surface area contributed by atoms with Gasteiger partial charge >= 0.3 is 0 Å². The van der Waals surface area contributed by atoms with Crippen molar-refractivity contribution in [3.05, 3.63) is 47.3 Å². The number of hydrogen-bond acceptors (Lipinski definition) is 5. The van der Waals surface area contributed by atoms with E-state index in [1.807, 2.05) is 4.90 Å². The minimum atomic E-state index is -3.61. The van der Waals surface area contributed by atoms with Crippen LogP contribution >= 0.6 is 11.3 Å². The van der Waals surface area contributed by atoms with Gasteiger partial charge in [0.1, 0.15) is 4.21 Å². The number of carbonyl (C=O) groups is 2. The van der Waals surface area contributed by atoms with Gasteiger partial charge in [-0.25, -0.2) is 8.42 Å². The number of likely N-dealkylation sites (tertiary alicyclic amines) is 1. The van der Waals surface area contributed by atoms with Gasteiger partial charge in [-0.1, -0.05) is 6.07 Å². The lowest BCUT2D eigenvalue weighted by Crippen LogP contribution is -2.32. The van der Waals surface area contributed by atoms with E-state index in [1.165, 1.54) is 18.2 Å². The highest BCUT2D eigenvalue weighted by Crippen LogP contribution is 2.20. The fourth-order valence-corrected chi connectivity index (χ4v) is 4.87. The Morgan fingerprint density at radius 1 is 1.07 bits per heavy atom. The maximum absolute atomic E-state index is 12.2. The molecule has 0 spiro atoms. The first kappa shape index (κ1) is 19.4. The van der Waals surface area contributed by atoms with Gasteiger partial charge in [0.2, 0.25) is 5.91 Å². The lowest BCUT2D eigenvalue weighted by Gasteiger charge is -2.15. The zero-order chi connectivity index (χ0) is 19.3. The second kappa shape index (κ2) is 8.53. The quantitative estimate of drug-likeness (QED) is 0.736. The number of benzene rings is 1. The van der Waals surface area contributed by atoms with E-state index in [0.29, 0.717) is 11.3 Å². The minimum Gasteiger partial charge on any atom is -0.352 e. The summed E-state index contributed by atoms with van der Waals surface area (Å²) < 4.78 is 27.1. The Labute approximate surface area is 162 Å². The summed E-state index contributed by atoms with van der Waals surface area (Å²) in [5.74, 6) is -0.233. The Balaban J connectivity index is 1.50. The van der Waals surface area contributed by atoms with Crippen molar-refractivity contribution in [1.82, 2.24) is 10.2 Å². The second-order valence-electron chi connectivity index (χ2n) is 6.21. The van der Waals surface area contributed by atoms with Gasteiger partial charge < -0.3 is 10.2 Å². The largest absolute Gasteiger partial charge is 0.352 e. The molecule has 1 aliphatic rings. The van der Waals surface area contributed by atoms with Crippen molar-refractivity contribution in [3.8, 4) is 0 Å². The number of amides is 2. The molecule has 0 unspecified atom stereocenters. The van der Waals surface area contributed by atoms with Gasteiger partial charge in [0.15, 0.2) is 0 Å². The van der Waals surface area contributed by atoms with Crippen LogP contribution in [-0.4, -0.2) is 44.8 Å². The molecule has 144 valence electrons. The van der Waals surface area contributed by atoms with Gasteiger partial charge in [-0.2, -0.15) is 0 Å². The van der Waals surface area contributed by atoms with E-state index < -0.39 is 10.0 Å². The van der Waals surface area contributed by atoms with Gasteiger partial charge in [-0.15, -0.1) is 11.3 Å². The average molecular weight is 408 g/mol. The van der Waals surface area contributed by atoms with Crippen LogP contribution in [0.1, 0.15) is 29.6 Å². The van der Waals surface area contributed by atoms with Gasteiger partial charge in [0.05, 0.1) is 0 Å². The molecule has 0 aliphatic carbocycles. The van der Waals surface area contributed by atoms with Gasteiger partial charge in [-0.05, 0) is 48.6 Å². The maximum atomic E-state index is 12.2. The van der Waals surface area contributed by atoms with E-state index in [2.05, 4.69) is 10.0 Å². The average Bonchev–Trinajstić information content (AvgIpc) is 3.36.